The topological polar surface area (TPSA) is 92.0 Å². The summed E-state index contributed by atoms with van der Waals surface area (Å²) in [7, 11) is 0. The van der Waals surface area contributed by atoms with Gasteiger partial charge in [-0.2, -0.15) is 5.10 Å². The summed E-state index contributed by atoms with van der Waals surface area (Å²) in [5.41, 5.74) is 1.68. The number of aromatic nitrogens is 3. The van der Waals surface area contributed by atoms with Crippen LogP contribution in [0.15, 0.2) is 28.8 Å². The summed E-state index contributed by atoms with van der Waals surface area (Å²) >= 11 is 5.93. The van der Waals surface area contributed by atoms with Gasteiger partial charge in [0.05, 0.1) is 0 Å². The van der Waals surface area contributed by atoms with Gasteiger partial charge in [-0.3, -0.25) is 5.10 Å². The first-order chi connectivity index (χ1) is 8.66. The maximum absolute atomic E-state index is 10.7. The van der Waals surface area contributed by atoms with E-state index in [1.807, 2.05) is 6.07 Å². The van der Waals surface area contributed by atoms with Crippen LogP contribution in [0.25, 0.3) is 22.2 Å². The average molecular weight is 264 g/mol. The lowest BCUT2D eigenvalue weighted by atomic mass is 10.1. The standard InChI is InChI=1S/C11H6ClN3O3/c12-10-6-3-1-2-5(9(6)13-14-10)7-4-8(11(16)17)18-15-7/h1-4H,(H,13,14)(H,16,17). The number of halogens is 1. The summed E-state index contributed by atoms with van der Waals surface area (Å²) in [6.07, 6.45) is 0. The van der Waals surface area contributed by atoms with E-state index in [4.69, 9.17) is 21.2 Å². The predicted octanol–water partition coefficient (Wildman–Crippen LogP) is 2.57. The van der Waals surface area contributed by atoms with Crippen LogP contribution in [-0.2, 0) is 0 Å². The molecule has 0 unspecified atom stereocenters. The van der Waals surface area contributed by atoms with Crippen LogP contribution in [0.1, 0.15) is 10.6 Å². The van der Waals surface area contributed by atoms with Gasteiger partial charge in [0.1, 0.15) is 16.4 Å². The maximum Gasteiger partial charge on any atom is 0.374 e. The van der Waals surface area contributed by atoms with E-state index in [2.05, 4.69) is 15.4 Å². The molecule has 2 N–H and O–H groups in total. The second-order valence-corrected chi connectivity index (χ2v) is 4.00. The molecule has 0 amide bonds. The summed E-state index contributed by atoms with van der Waals surface area (Å²) in [5, 5.41) is 20.4. The minimum Gasteiger partial charge on any atom is -0.475 e. The number of aromatic carboxylic acids is 1. The highest BCUT2D eigenvalue weighted by atomic mass is 35.5. The molecule has 0 spiro atoms. The number of carboxylic acid groups (broad SMARTS) is 1. The van der Waals surface area contributed by atoms with Crippen LogP contribution in [0.4, 0.5) is 0 Å². The molecular formula is C11H6ClN3O3. The highest BCUT2D eigenvalue weighted by molar-refractivity contribution is 6.34. The highest BCUT2D eigenvalue weighted by Gasteiger charge is 2.16. The summed E-state index contributed by atoms with van der Waals surface area (Å²) in [6.45, 7) is 0. The Kier molecular flexibility index (Phi) is 2.31. The number of nitrogens with one attached hydrogen (secondary N) is 1. The Labute approximate surface area is 105 Å². The second kappa shape index (κ2) is 3.85. The molecule has 2 heterocycles. The Morgan fingerprint density at radius 2 is 2.28 bits per heavy atom. The van der Waals surface area contributed by atoms with Crippen LogP contribution in [0, 0.1) is 0 Å². The molecule has 0 saturated carbocycles. The Morgan fingerprint density at radius 3 is 3.00 bits per heavy atom. The lowest BCUT2D eigenvalue weighted by Crippen LogP contribution is -1.91. The smallest absolute Gasteiger partial charge is 0.374 e. The van der Waals surface area contributed by atoms with E-state index in [0.29, 0.717) is 21.9 Å². The predicted molar refractivity (Wildman–Crippen MR) is 63.6 cm³/mol. The fourth-order valence-corrected chi connectivity index (χ4v) is 1.91. The highest BCUT2D eigenvalue weighted by Crippen LogP contribution is 2.29. The van der Waals surface area contributed by atoms with Gasteiger partial charge < -0.3 is 9.63 Å². The first-order valence-corrected chi connectivity index (χ1v) is 5.37. The van der Waals surface area contributed by atoms with Crippen LogP contribution in [0.2, 0.25) is 5.15 Å². The molecule has 3 aromatic rings. The van der Waals surface area contributed by atoms with E-state index in [0.717, 1.165) is 5.39 Å². The van der Waals surface area contributed by atoms with Gasteiger partial charge in [-0.1, -0.05) is 28.9 Å². The monoisotopic (exact) mass is 263 g/mol. The number of nitrogens with zero attached hydrogens (tertiary/aromatic N) is 2. The van der Waals surface area contributed by atoms with Gasteiger partial charge in [-0.25, -0.2) is 4.79 Å². The Balaban J connectivity index is 2.21. The summed E-state index contributed by atoms with van der Waals surface area (Å²) in [6, 6.07) is 6.71. The number of benzene rings is 1. The van der Waals surface area contributed by atoms with Crippen molar-refractivity contribution in [3.8, 4) is 11.3 Å². The van der Waals surface area contributed by atoms with Crippen molar-refractivity contribution in [3.63, 3.8) is 0 Å². The molecule has 0 aliphatic rings. The third kappa shape index (κ3) is 1.54. The molecule has 18 heavy (non-hydrogen) atoms. The molecule has 2 aromatic heterocycles. The van der Waals surface area contributed by atoms with Gasteiger partial charge in [0.25, 0.3) is 0 Å². The van der Waals surface area contributed by atoms with Gasteiger partial charge >= 0.3 is 5.97 Å². The van der Waals surface area contributed by atoms with E-state index in [1.165, 1.54) is 6.07 Å². The van der Waals surface area contributed by atoms with Gasteiger partial charge in [0.2, 0.25) is 5.76 Å². The van der Waals surface area contributed by atoms with Crippen molar-refractivity contribution < 1.29 is 14.4 Å². The van der Waals surface area contributed by atoms with Gasteiger partial charge in [-0.15, -0.1) is 0 Å². The lowest BCUT2D eigenvalue weighted by molar-refractivity contribution is 0.0652. The number of aromatic amines is 1. The van der Waals surface area contributed by atoms with E-state index in [-0.39, 0.29) is 5.76 Å². The van der Waals surface area contributed by atoms with Crippen LogP contribution in [0.5, 0.6) is 0 Å². The Morgan fingerprint density at radius 1 is 1.44 bits per heavy atom. The number of hydrogen-bond acceptors (Lipinski definition) is 4. The van der Waals surface area contributed by atoms with Crippen LogP contribution >= 0.6 is 11.6 Å². The van der Waals surface area contributed by atoms with E-state index >= 15 is 0 Å². The fourth-order valence-electron chi connectivity index (χ4n) is 1.72. The first kappa shape index (κ1) is 10.8. The van der Waals surface area contributed by atoms with Gasteiger partial charge in [-0.05, 0) is 6.07 Å². The molecular weight excluding hydrogens is 258 g/mol. The molecule has 1 aromatic carbocycles. The van der Waals surface area contributed by atoms with Crippen LogP contribution < -0.4 is 0 Å². The zero-order valence-electron chi connectivity index (χ0n) is 8.85. The molecule has 0 aliphatic carbocycles. The van der Waals surface area contributed by atoms with Crippen molar-refractivity contribution >= 4 is 28.5 Å². The quantitative estimate of drug-likeness (QED) is 0.741. The zero-order chi connectivity index (χ0) is 12.7. The van der Waals surface area contributed by atoms with Crippen molar-refractivity contribution in [1.29, 1.82) is 0 Å². The number of H-pyrrole nitrogens is 1. The van der Waals surface area contributed by atoms with E-state index in [1.54, 1.807) is 12.1 Å². The number of para-hydroxylation sites is 1. The molecule has 3 rings (SSSR count). The van der Waals surface area contributed by atoms with E-state index < -0.39 is 5.97 Å². The van der Waals surface area contributed by atoms with Crippen molar-refractivity contribution in [3.05, 3.63) is 35.2 Å². The van der Waals surface area contributed by atoms with E-state index in [9.17, 15) is 4.79 Å². The Bertz CT molecular complexity index is 747. The summed E-state index contributed by atoms with van der Waals surface area (Å²) in [5.74, 6) is -1.38. The lowest BCUT2D eigenvalue weighted by Gasteiger charge is -1.95. The fraction of sp³-hybridized carbons (Fsp3) is 0. The molecule has 0 bridgehead atoms. The van der Waals surface area contributed by atoms with Crippen molar-refractivity contribution in [1.82, 2.24) is 15.4 Å². The third-order valence-corrected chi connectivity index (χ3v) is 2.82. The molecule has 7 heteroatoms. The first-order valence-electron chi connectivity index (χ1n) is 5.00. The number of carbonyl (C=O) groups is 1. The summed E-state index contributed by atoms with van der Waals surface area (Å²) < 4.78 is 4.72. The van der Waals surface area contributed by atoms with Gasteiger partial charge in [0, 0.05) is 17.0 Å². The molecule has 0 aliphatic heterocycles. The summed E-state index contributed by atoms with van der Waals surface area (Å²) in [4.78, 5) is 10.7. The maximum atomic E-state index is 10.7. The zero-order valence-corrected chi connectivity index (χ0v) is 9.60. The van der Waals surface area contributed by atoms with Crippen LogP contribution in [-0.4, -0.2) is 26.4 Å². The van der Waals surface area contributed by atoms with Crippen molar-refractivity contribution in [2.75, 3.05) is 0 Å². The van der Waals surface area contributed by atoms with Crippen LogP contribution in [0.3, 0.4) is 0 Å². The number of fused-ring (bicyclic) bond motifs is 1. The molecule has 0 atom stereocenters. The molecule has 0 fully saturated rings. The van der Waals surface area contributed by atoms with Crippen molar-refractivity contribution in [2.24, 2.45) is 0 Å². The average Bonchev–Trinajstić information content (AvgIpc) is 2.97. The molecule has 0 saturated heterocycles. The van der Waals surface area contributed by atoms with Gasteiger partial charge in [0.15, 0.2) is 0 Å². The largest absolute Gasteiger partial charge is 0.475 e. The minimum atomic E-state index is -1.17. The normalized spacial score (nSPS) is 10.9. The Hall–Kier alpha value is -2.34. The second-order valence-electron chi connectivity index (χ2n) is 3.62. The SMILES string of the molecule is O=C(O)c1cc(-c2cccc3c(Cl)[nH]nc23)no1. The number of hydrogen-bond donors (Lipinski definition) is 2. The van der Waals surface area contributed by atoms with Crippen molar-refractivity contribution in [2.45, 2.75) is 0 Å². The number of rotatable bonds is 2. The molecule has 90 valence electrons. The third-order valence-electron chi connectivity index (χ3n) is 2.54. The minimum absolute atomic E-state index is 0.219. The number of carboxylic acids is 1. The molecule has 6 nitrogen and oxygen atoms in total. The molecule has 0 radical (unpaired) electrons.